The largest absolute Gasteiger partial charge is 0.484 e. The summed E-state index contributed by atoms with van der Waals surface area (Å²) in [4.78, 5) is 23.3. The molecule has 1 aromatic heterocycles. The zero-order chi connectivity index (χ0) is 23.4. The van der Waals surface area contributed by atoms with E-state index in [1.165, 1.54) is 12.4 Å². The van der Waals surface area contributed by atoms with Gasteiger partial charge in [0.1, 0.15) is 11.4 Å². The highest BCUT2D eigenvalue weighted by molar-refractivity contribution is 6.24. The van der Waals surface area contributed by atoms with E-state index in [4.69, 9.17) is 15.2 Å². The van der Waals surface area contributed by atoms with Gasteiger partial charge in [-0.15, -0.1) is 0 Å². The Bertz CT molecular complexity index is 1030. The zero-order valence-corrected chi connectivity index (χ0v) is 18.1. The van der Waals surface area contributed by atoms with Crippen LogP contribution in [0.15, 0.2) is 36.8 Å². The van der Waals surface area contributed by atoms with Crippen molar-refractivity contribution in [3.63, 3.8) is 0 Å². The van der Waals surface area contributed by atoms with Crippen LogP contribution in [0.4, 0.5) is 20.2 Å². The number of amides is 1. The van der Waals surface area contributed by atoms with Crippen molar-refractivity contribution in [3.05, 3.63) is 48.2 Å². The van der Waals surface area contributed by atoms with Crippen LogP contribution < -0.4 is 20.7 Å². The maximum atomic E-state index is 13.1. The standard InChI is InChI=1S/C22H25F2N5O4/c1-22(13-32-21(23)24)11-14-9-16(17(10-18(14)33-22)29-5-7-31-8-6-29)28-20(30)15(12-25)19-26-3-2-4-27-19/h2-4,9-10,12,21H,5-8,11,13,25H2,1H3,(H,28,30)/t22-/m0/s1. The van der Waals surface area contributed by atoms with E-state index in [0.29, 0.717) is 44.2 Å². The second kappa shape index (κ2) is 9.67. The van der Waals surface area contributed by atoms with Gasteiger partial charge in [-0.1, -0.05) is 0 Å². The third-order valence-electron chi connectivity index (χ3n) is 5.43. The third-order valence-corrected chi connectivity index (χ3v) is 5.43. The van der Waals surface area contributed by atoms with Crippen LogP contribution in [0.3, 0.4) is 0 Å². The molecule has 3 heterocycles. The maximum absolute atomic E-state index is 13.1. The lowest BCUT2D eigenvalue weighted by Crippen LogP contribution is -2.37. The van der Waals surface area contributed by atoms with Crippen molar-refractivity contribution in [1.82, 2.24) is 9.97 Å². The Hall–Kier alpha value is -3.31. The zero-order valence-electron chi connectivity index (χ0n) is 18.1. The summed E-state index contributed by atoms with van der Waals surface area (Å²) in [6.07, 6.45) is 4.55. The number of carbonyl (C=O) groups is 1. The number of hydrogen-bond donors (Lipinski definition) is 2. The quantitative estimate of drug-likeness (QED) is 0.604. The molecule has 0 saturated carbocycles. The Morgan fingerprint density at radius 3 is 2.73 bits per heavy atom. The Morgan fingerprint density at radius 1 is 1.33 bits per heavy atom. The first-order valence-electron chi connectivity index (χ1n) is 10.5. The van der Waals surface area contributed by atoms with Crippen LogP contribution in [0.2, 0.25) is 0 Å². The van der Waals surface area contributed by atoms with Gasteiger partial charge in [-0.25, -0.2) is 9.97 Å². The SMILES string of the molecule is C[C@@]1(COC(F)F)Cc2cc(NC(=O)C(=CN)c3ncccn3)c(N3CCOCC3)cc2O1. The van der Waals surface area contributed by atoms with E-state index in [1.807, 2.05) is 6.07 Å². The maximum Gasteiger partial charge on any atom is 0.345 e. The van der Waals surface area contributed by atoms with E-state index in [0.717, 1.165) is 17.5 Å². The molecule has 1 amide bonds. The van der Waals surface area contributed by atoms with Gasteiger partial charge in [0.2, 0.25) is 0 Å². The number of nitrogens with two attached hydrogens (primary N) is 1. The number of nitrogens with one attached hydrogen (secondary N) is 1. The molecule has 0 aliphatic carbocycles. The number of alkyl halides is 2. The van der Waals surface area contributed by atoms with Gasteiger partial charge in [-0.3, -0.25) is 4.79 Å². The second-order valence-electron chi connectivity index (χ2n) is 7.98. The van der Waals surface area contributed by atoms with Crippen molar-refractivity contribution in [2.24, 2.45) is 5.73 Å². The smallest absolute Gasteiger partial charge is 0.345 e. The average molecular weight is 461 g/mol. The molecule has 0 unspecified atom stereocenters. The number of hydrogen-bond acceptors (Lipinski definition) is 8. The fraction of sp³-hybridized carbons (Fsp3) is 0.409. The van der Waals surface area contributed by atoms with Crippen molar-refractivity contribution < 1.29 is 27.8 Å². The topological polar surface area (TPSA) is 112 Å². The predicted molar refractivity (Wildman–Crippen MR) is 117 cm³/mol. The second-order valence-corrected chi connectivity index (χ2v) is 7.98. The number of anilines is 2. The fourth-order valence-electron chi connectivity index (χ4n) is 3.92. The number of benzene rings is 1. The molecule has 2 aliphatic rings. The number of aromatic nitrogens is 2. The predicted octanol–water partition coefficient (Wildman–Crippen LogP) is 2.18. The molecule has 0 radical (unpaired) electrons. The number of carbonyl (C=O) groups excluding carboxylic acids is 1. The van der Waals surface area contributed by atoms with Crippen LogP contribution in [0.1, 0.15) is 18.3 Å². The number of morpholine rings is 1. The summed E-state index contributed by atoms with van der Waals surface area (Å²) in [7, 11) is 0. The molecule has 1 fully saturated rings. The number of nitrogens with zero attached hydrogens (tertiary/aromatic N) is 3. The molecule has 2 aliphatic heterocycles. The van der Waals surface area contributed by atoms with E-state index in [2.05, 4.69) is 24.9 Å². The minimum absolute atomic E-state index is 0.121. The molecule has 2 aromatic rings. The van der Waals surface area contributed by atoms with Gasteiger partial charge >= 0.3 is 6.61 Å². The molecule has 1 aromatic carbocycles. The Balaban J connectivity index is 1.63. The summed E-state index contributed by atoms with van der Waals surface area (Å²) >= 11 is 0. The highest BCUT2D eigenvalue weighted by Crippen LogP contribution is 2.42. The monoisotopic (exact) mass is 461 g/mol. The van der Waals surface area contributed by atoms with Gasteiger partial charge in [0.15, 0.2) is 5.82 Å². The normalized spacial score (nSPS) is 20.5. The first kappa shape index (κ1) is 22.9. The van der Waals surface area contributed by atoms with Crippen molar-refractivity contribution in [2.75, 3.05) is 43.1 Å². The summed E-state index contributed by atoms with van der Waals surface area (Å²) in [5.74, 6) is 0.295. The summed E-state index contributed by atoms with van der Waals surface area (Å²) in [5.41, 5.74) is 6.93. The van der Waals surface area contributed by atoms with Gasteiger partial charge in [-0.2, -0.15) is 8.78 Å². The van der Waals surface area contributed by atoms with Crippen LogP contribution in [-0.2, 0) is 20.7 Å². The van der Waals surface area contributed by atoms with Crippen LogP contribution >= 0.6 is 0 Å². The summed E-state index contributed by atoms with van der Waals surface area (Å²) in [6, 6.07) is 5.25. The van der Waals surface area contributed by atoms with E-state index < -0.39 is 18.1 Å². The Morgan fingerprint density at radius 2 is 2.06 bits per heavy atom. The van der Waals surface area contributed by atoms with Crippen molar-refractivity contribution in [2.45, 2.75) is 25.6 Å². The summed E-state index contributed by atoms with van der Waals surface area (Å²) < 4.78 is 41.1. The highest BCUT2D eigenvalue weighted by atomic mass is 19.3. The number of halogens is 2. The number of fused-ring (bicyclic) bond motifs is 1. The third kappa shape index (κ3) is 5.20. The fourth-order valence-corrected chi connectivity index (χ4v) is 3.92. The molecule has 9 nitrogen and oxygen atoms in total. The average Bonchev–Trinajstić information content (AvgIpc) is 3.14. The lowest BCUT2D eigenvalue weighted by Gasteiger charge is -2.31. The Labute approximate surface area is 189 Å². The first-order valence-corrected chi connectivity index (χ1v) is 10.5. The van der Waals surface area contributed by atoms with Gasteiger partial charge < -0.3 is 30.2 Å². The van der Waals surface area contributed by atoms with Gasteiger partial charge in [0.25, 0.3) is 5.91 Å². The van der Waals surface area contributed by atoms with Gasteiger partial charge in [0, 0.05) is 49.7 Å². The van der Waals surface area contributed by atoms with Crippen molar-refractivity contribution in [3.8, 4) is 5.75 Å². The lowest BCUT2D eigenvalue weighted by molar-refractivity contribution is -0.158. The Kier molecular flexibility index (Phi) is 6.70. The molecule has 0 spiro atoms. The number of ether oxygens (including phenoxy) is 3. The van der Waals surface area contributed by atoms with E-state index in [1.54, 1.807) is 19.1 Å². The molecule has 11 heteroatoms. The molecule has 176 valence electrons. The van der Waals surface area contributed by atoms with Crippen molar-refractivity contribution in [1.29, 1.82) is 0 Å². The molecule has 4 rings (SSSR count). The van der Waals surface area contributed by atoms with E-state index in [9.17, 15) is 13.6 Å². The summed E-state index contributed by atoms with van der Waals surface area (Å²) in [5, 5.41) is 2.91. The lowest BCUT2D eigenvalue weighted by atomic mass is 9.99. The molecule has 33 heavy (non-hydrogen) atoms. The molecule has 1 saturated heterocycles. The molecule has 1 atom stereocenters. The van der Waals surface area contributed by atoms with Crippen LogP contribution in [0.5, 0.6) is 5.75 Å². The molecular formula is C22H25F2N5O4. The minimum atomic E-state index is -2.88. The van der Waals surface area contributed by atoms with E-state index in [-0.39, 0.29) is 18.0 Å². The van der Waals surface area contributed by atoms with Gasteiger partial charge in [0.05, 0.1) is 36.8 Å². The van der Waals surface area contributed by atoms with Crippen LogP contribution in [0, 0.1) is 0 Å². The molecule has 0 bridgehead atoms. The van der Waals surface area contributed by atoms with E-state index >= 15 is 0 Å². The van der Waals surface area contributed by atoms with Crippen molar-refractivity contribution >= 4 is 22.9 Å². The van der Waals surface area contributed by atoms with Crippen LogP contribution in [-0.4, -0.2) is 61.0 Å². The molecular weight excluding hydrogens is 436 g/mol. The molecule has 3 N–H and O–H groups in total. The van der Waals surface area contributed by atoms with Gasteiger partial charge in [-0.05, 0) is 19.1 Å². The van der Waals surface area contributed by atoms with Crippen LogP contribution in [0.25, 0.3) is 5.57 Å². The highest BCUT2D eigenvalue weighted by Gasteiger charge is 2.37. The summed E-state index contributed by atoms with van der Waals surface area (Å²) in [6.45, 7) is 0.885. The first-order chi connectivity index (χ1) is 15.9. The minimum Gasteiger partial charge on any atom is -0.484 e. The number of rotatable bonds is 7.